The maximum atomic E-state index is 6.28. The number of nitrogens with zero attached hydrogens (tertiary/aromatic N) is 2. The van der Waals surface area contributed by atoms with Gasteiger partial charge in [-0.1, -0.05) is 41.0 Å². The highest BCUT2D eigenvalue weighted by molar-refractivity contribution is 8.14. The second kappa shape index (κ2) is 7.22. The van der Waals surface area contributed by atoms with Crippen LogP contribution < -0.4 is 21.7 Å². The molecule has 3 heterocycles. The van der Waals surface area contributed by atoms with E-state index in [4.69, 9.17) is 33.9 Å². The van der Waals surface area contributed by atoms with Crippen LogP contribution in [0.2, 0.25) is 10.0 Å². The molecule has 3 aliphatic heterocycles. The normalized spacial score (nSPS) is 27.8. The number of benzene rings is 1. The van der Waals surface area contributed by atoms with Crippen molar-refractivity contribution in [1.82, 2.24) is 20.9 Å². The number of nitrogens with two attached hydrogens (primary N) is 1. The van der Waals surface area contributed by atoms with E-state index in [2.05, 4.69) is 27.8 Å². The number of fused-ring (bicyclic) bond motifs is 1. The van der Waals surface area contributed by atoms with Crippen molar-refractivity contribution < 1.29 is 0 Å². The molecule has 6 nitrogen and oxygen atoms in total. The number of piperidine rings is 1. The molecule has 2 atom stereocenters. The predicted molar refractivity (Wildman–Crippen MR) is 108 cm³/mol. The van der Waals surface area contributed by atoms with E-state index < -0.39 is 0 Å². The molecular formula is C17H22Cl2N6S. The van der Waals surface area contributed by atoms with Crippen LogP contribution in [0, 0.1) is 0 Å². The number of thioether (sulfide) groups is 1. The number of rotatable bonds is 2. The van der Waals surface area contributed by atoms with Crippen molar-refractivity contribution in [2.24, 2.45) is 10.7 Å². The zero-order valence-electron chi connectivity index (χ0n) is 14.4. The first-order valence-electron chi connectivity index (χ1n) is 8.63. The third-order valence-electron chi connectivity index (χ3n) is 4.94. The molecule has 1 aromatic rings. The van der Waals surface area contributed by atoms with E-state index in [-0.39, 0.29) is 18.0 Å². The Kier molecular flexibility index (Phi) is 5.11. The van der Waals surface area contributed by atoms with Gasteiger partial charge in [-0.3, -0.25) is 10.2 Å². The van der Waals surface area contributed by atoms with Gasteiger partial charge in [-0.2, -0.15) is 0 Å². The van der Waals surface area contributed by atoms with Crippen LogP contribution in [0.1, 0.15) is 19.8 Å². The second-order valence-corrected chi connectivity index (χ2v) is 8.95. The highest BCUT2D eigenvalue weighted by Gasteiger charge is 2.36. The zero-order chi connectivity index (χ0) is 18.3. The lowest BCUT2D eigenvalue weighted by molar-refractivity contribution is 0.102. The van der Waals surface area contributed by atoms with E-state index in [1.54, 1.807) is 6.07 Å². The lowest BCUT2D eigenvalue weighted by atomic mass is 9.91. The molecule has 1 aromatic carbocycles. The van der Waals surface area contributed by atoms with Gasteiger partial charge in [-0.15, -0.1) is 0 Å². The van der Waals surface area contributed by atoms with Gasteiger partial charge in [0.05, 0.1) is 15.7 Å². The zero-order valence-corrected chi connectivity index (χ0v) is 16.8. The SMILES string of the molecule is CC1(N)CCN(C2NC3=CNC(Sc4cccc(Cl)c4Cl)=NC3N2)CC1. The van der Waals surface area contributed by atoms with Gasteiger partial charge in [0.15, 0.2) is 5.17 Å². The van der Waals surface area contributed by atoms with Crippen LogP contribution in [0.4, 0.5) is 0 Å². The first-order valence-corrected chi connectivity index (χ1v) is 10.2. The Labute approximate surface area is 167 Å². The molecular weight excluding hydrogens is 391 g/mol. The van der Waals surface area contributed by atoms with Crippen LogP contribution in [0.15, 0.2) is 40.0 Å². The molecule has 0 saturated carbocycles. The van der Waals surface area contributed by atoms with Crippen molar-refractivity contribution in [3.63, 3.8) is 0 Å². The third kappa shape index (κ3) is 3.83. The summed E-state index contributed by atoms with van der Waals surface area (Å²) >= 11 is 13.8. The molecule has 0 amide bonds. The van der Waals surface area contributed by atoms with E-state index in [1.165, 1.54) is 11.8 Å². The van der Waals surface area contributed by atoms with E-state index in [9.17, 15) is 0 Å². The highest BCUT2D eigenvalue weighted by atomic mass is 35.5. The monoisotopic (exact) mass is 412 g/mol. The van der Waals surface area contributed by atoms with Crippen LogP contribution >= 0.6 is 35.0 Å². The summed E-state index contributed by atoms with van der Waals surface area (Å²) in [6, 6.07) is 5.59. The molecule has 26 heavy (non-hydrogen) atoms. The lowest BCUT2D eigenvalue weighted by Crippen LogP contribution is -2.56. The van der Waals surface area contributed by atoms with Crippen LogP contribution in [0.25, 0.3) is 0 Å². The van der Waals surface area contributed by atoms with Crippen molar-refractivity contribution >= 4 is 40.1 Å². The van der Waals surface area contributed by atoms with Crippen molar-refractivity contribution in [3.8, 4) is 0 Å². The predicted octanol–water partition coefficient (Wildman–Crippen LogP) is 2.50. The lowest BCUT2D eigenvalue weighted by Gasteiger charge is -2.39. The smallest absolute Gasteiger partial charge is 0.167 e. The maximum Gasteiger partial charge on any atom is 0.167 e. The van der Waals surface area contributed by atoms with Gasteiger partial charge in [-0.05, 0) is 31.9 Å². The summed E-state index contributed by atoms with van der Waals surface area (Å²) < 4.78 is 0. The second-order valence-electron chi connectivity index (χ2n) is 7.14. The van der Waals surface area contributed by atoms with Crippen molar-refractivity contribution in [2.75, 3.05) is 13.1 Å². The molecule has 2 unspecified atom stereocenters. The van der Waals surface area contributed by atoms with E-state index >= 15 is 0 Å². The summed E-state index contributed by atoms with van der Waals surface area (Å²) in [7, 11) is 0. The Morgan fingerprint density at radius 3 is 2.85 bits per heavy atom. The maximum absolute atomic E-state index is 6.28. The Bertz CT molecular complexity index is 756. The molecule has 2 saturated heterocycles. The fourth-order valence-corrected chi connectivity index (χ4v) is 4.55. The van der Waals surface area contributed by atoms with Gasteiger partial charge in [0.1, 0.15) is 12.5 Å². The number of likely N-dealkylation sites (tertiary alicyclic amines) is 1. The number of amidine groups is 1. The third-order valence-corrected chi connectivity index (χ3v) is 6.85. The van der Waals surface area contributed by atoms with Gasteiger partial charge in [0, 0.05) is 29.7 Å². The summed E-state index contributed by atoms with van der Waals surface area (Å²) in [6.45, 7) is 4.06. The van der Waals surface area contributed by atoms with Crippen molar-refractivity contribution in [1.29, 1.82) is 0 Å². The number of halogens is 2. The van der Waals surface area contributed by atoms with Crippen LogP contribution in [0.5, 0.6) is 0 Å². The minimum atomic E-state index is -0.0899. The van der Waals surface area contributed by atoms with Crippen molar-refractivity contribution in [3.05, 3.63) is 40.1 Å². The number of hydrogen-bond donors (Lipinski definition) is 4. The minimum absolute atomic E-state index is 0.0547. The molecule has 0 aliphatic carbocycles. The summed E-state index contributed by atoms with van der Waals surface area (Å²) in [5.74, 6) is 0. The molecule has 0 aromatic heterocycles. The fraction of sp³-hybridized carbons (Fsp3) is 0.471. The minimum Gasteiger partial charge on any atom is -0.357 e. The largest absolute Gasteiger partial charge is 0.357 e. The molecule has 3 aliphatic rings. The van der Waals surface area contributed by atoms with E-state index in [1.807, 2.05) is 18.3 Å². The first kappa shape index (κ1) is 18.4. The number of nitrogens with one attached hydrogen (secondary N) is 3. The molecule has 0 radical (unpaired) electrons. The Hall–Kier alpha value is -0.960. The quantitative estimate of drug-likeness (QED) is 0.597. The molecule has 0 spiro atoms. The number of hydrogen-bond acceptors (Lipinski definition) is 7. The van der Waals surface area contributed by atoms with E-state index in [0.717, 1.165) is 41.7 Å². The average Bonchev–Trinajstić information content (AvgIpc) is 3.02. The summed E-state index contributed by atoms with van der Waals surface area (Å²) in [5.41, 5.74) is 7.22. The molecule has 2 fully saturated rings. The van der Waals surface area contributed by atoms with Gasteiger partial charge >= 0.3 is 0 Å². The fourth-order valence-electron chi connectivity index (χ4n) is 3.25. The molecule has 5 N–H and O–H groups in total. The molecule has 4 rings (SSSR count). The summed E-state index contributed by atoms with van der Waals surface area (Å²) in [5, 5.41) is 12.1. The first-order chi connectivity index (χ1) is 12.4. The Morgan fingerprint density at radius 1 is 1.31 bits per heavy atom. The van der Waals surface area contributed by atoms with Gasteiger partial charge in [-0.25, -0.2) is 4.99 Å². The molecule has 140 valence electrons. The standard InChI is InChI=1S/C17H22Cl2N6S/c1-17(20)5-7-25(8-6-17)15-22-11-9-21-16(24-14(11)23-15)26-12-4-2-3-10(18)13(12)19/h2-4,9,14-15,22-23H,5-8,20H2,1H3,(H,21,24). The van der Waals surface area contributed by atoms with Crippen LogP contribution in [-0.4, -0.2) is 41.2 Å². The summed E-state index contributed by atoms with van der Waals surface area (Å²) in [6.07, 6.45) is 3.93. The molecule has 0 bridgehead atoms. The van der Waals surface area contributed by atoms with Gasteiger partial charge < -0.3 is 16.4 Å². The van der Waals surface area contributed by atoms with Gasteiger partial charge in [0.25, 0.3) is 0 Å². The van der Waals surface area contributed by atoms with E-state index in [0.29, 0.717) is 10.0 Å². The topological polar surface area (TPSA) is 77.7 Å². The summed E-state index contributed by atoms with van der Waals surface area (Å²) in [4.78, 5) is 8.01. The van der Waals surface area contributed by atoms with Crippen LogP contribution in [0.3, 0.4) is 0 Å². The molecule has 9 heteroatoms. The van der Waals surface area contributed by atoms with Crippen LogP contribution in [-0.2, 0) is 0 Å². The highest BCUT2D eigenvalue weighted by Crippen LogP contribution is 2.34. The Balaban J connectivity index is 1.41. The van der Waals surface area contributed by atoms with Gasteiger partial charge in [0.2, 0.25) is 0 Å². The average molecular weight is 413 g/mol. The van der Waals surface area contributed by atoms with Crippen molar-refractivity contribution in [2.45, 2.75) is 42.7 Å². The number of aliphatic imine (C=N–C) groups is 1. The Morgan fingerprint density at radius 2 is 2.08 bits per heavy atom.